The summed E-state index contributed by atoms with van der Waals surface area (Å²) >= 11 is 0. The van der Waals surface area contributed by atoms with E-state index in [0.29, 0.717) is 34.5 Å². The largest absolute Gasteiger partial charge is 0.493 e. The molecular weight excluding hydrogens is 322 g/mol. The number of aryl methyl sites for hydroxylation is 1. The van der Waals surface area contributed by atoms with Crippen molar-refractivity contribution >= 4 is 11.6 Å². The van der Waals surface area contributed by atoms with E-state index in [1.807, 2.05) is 0 Å². The summed E-state index contributed by atoms with van der Waals surface area (Å²) in [6.07, 6.45) is 0. The number of aromatic nitrogens is 2. The van der Waals surface area contributed by atoms with Gasteiger partial charge in [-0.15, -0.1) is 10.2 Å². The highest BCUT2D eigenvalue weighted by Gasteiger charge is 2.11. The van der Waals surface area contributed by atoms with Crippen LogP contribution < -0.4 is 14.8 Å². The van der Waals surface area contributed by atoms with Crippen LogP contribution in [0.2, 0.25) is 0 Å². The Bertz CT molecular complexity index is 888. The molecule has 3 aromatic rings. The first-order chi connectivity index (χ1) is 12.1. The van der Waals surface area contributed by atoms with E-state index in [1.165, 1.54) is 0 Å². The summed E-state index contributed by atoms with van der Waals surface area (Å²) in [5, 5.41) is 10.6. The summed E-state index contributed by atoms with van der Waals surface area (Å²) in [5.74, 6) is 1.82. The van der Waals surface area contributed by atoms with Gasteiger partial charge in [0.1, 0.15) is 0 Å². The second-order valence-corrected chi connectivity index (χ2v) is 5.23. The lowest BCUT2D eigenvalue weighted by molar-refractivity contribution is 0.102. The van der Waals surface area contributed by atoms with E-state index in [-0.39, 0.29) is 5.91 Å². The number of benzene rings is 2. The molecule has 0 spiro atoms. The monoisotopic (exact) mass is 339 g/mol. The van der Waals surface area contributed by atoms with Gasteiger partial charge in [0.25, 0.3) is 5.91 Å². The van der Waals surface area contributed by atoms with Gasteiger partial charge in [-0.3, -0.25) is 4.79 Å². The van der Waals surface area contributed by atoms with Crippen molar-refractivity contribution in [1.82, 2.24) is 10.2 Å². The fourth-order valence-corrected chi connectivity index (χ4v) is 2.29. The van der Waals surface area contributed by atoms with Crippen molar-refractivity contribution in [3.05, 3.63) is 53.9 Å². The molecule has 0 bridgehead atoms. The van der Waals surface area contributed by atoms with Crippen molar-refractivity contribution in [2.45, 2.75) is 6.92 Å². The Kier molecular flexibility index (Phi) is 4.65. The third-order valence-electron chi connectivity index (χ3n) is 3.56. The van der Waals surface area contributed by atoms with Gasteiger partial charge in [0, 0.05) is 29.8 Å². The molecule has 2 aromatic carbocycles. The van der Waals surface area contributed by atoms with Crippen molar-refractivity contribution < 1.29 is 18.7 Å². The Morgan fingerprint density at radius 2 is 1.72 bits per heavy atom. The normalized spacial score (nSPS) is 10.4. The molecule has 0 saturated heterocycles. The van der Waals surface area contributed by atoms with Crippen molar-refractivity contribution in [3.8, 4) is 23.0 Å². The van der Waals surface area contributed by atoms with E-state index in [4.69, 9.17) is 13.9 Å². The number of carbonyl (C=O) groups is 1. The van der Waals surface area contributed by atoms with Gasteiger partial charge in [-0.2, -0.15) is 0 Å². The van der Waals surface area contributed by atoms with Gasteiger partial charge >= 0.3 is 0 Å². The van der Waals surface area contributed by atoms with E-state index in [0.717, 1.165) is 5.56 Å². The Morgan fingerprint density at radius 3 is 2.32 bits per heavy atom. The van der Waals surface area contributed by atoms with Crippen LogP contribution in [0.25, 0.3) is 11.5 Å². The molecule has 1 amide bonds. The number of methoxy groups -OCH3 is 2. The number of nitrogens with zero attached hydrogens (tertiary/aromatic N) is 2. The summed E-state index contributed by atoms with van der Waals surface area (Å²) < 4.78 is 15.8. The molecular formula is C18H17N3O4. The van der Waals surface area contributed by atoms with Gasteiger partial charge in [-0.25, -0.2) is 0 Å². The van der Waals surface area contributed by atoms with Crippen LogP contribution in [0.3, 0.4) is 0 Å². The van der Waals surface area contributed by atoms with Crippen LogP contribution in [0, 0.1) is 6.92 Å². The maximum atomic E-state index is 12.4. The average Bonchev–Trinajstić information content (AvgIpc) is 3.08. The molecule has 7 nitrogen and oxygen atoms in total. The molecule has 1 aromatic heterocycles. The lowest BCUT2D eigenvalue weighted by Crippen LogP contribution is -2.11. The number of rotatable bonds is 5. The standard InChI is InChI=1S/C18H17N3O4/c1-11-20-21-18(25-11)13-6-4-12(5-7-13)17(22)19-14-8-9-15(23-2)16(10-14)24-3/h4-10H,1-3H3,(H,19,22). The lowest BCUT2D eigenvalue weighted by atomic mass is 10.1. The highest BCUT2D eigenvalue weighted by atomic mass is 16.5. The highest BCUT2D eigenvalue weighted by Crippen LogP contribution is 2.30. The zero-order valence-corrected chi connectivity index (χ0v) is 14.1. The van der Waals surface area contributed by atoms with Gasteiger partial charge in [-0.05, 0) is 36.4 Å². The number of nitrogens with one attached hydrogen (secondary N) is 1. The van der Waals surface area contributed by atoms with Gasteiger partial charge in [0.2, 0.25) is 11.8 Å². The molecule has 0 atom stereocenters. The number of hydrogen-bond donors (Lipinski definition) is 1. The van der Waals surface area contributed by atoms with Crippen molar-refractivity contribution in [2.24, 2.45) is 0 Å². The van der Waals surface area contributed by atoms with Gasteiger partial charge in [-0.1, -0.05) is 0 Å². The predicted octanol–water partition coefficient (Wildman–Crippen LogP) is 3.31. The first kappa shape index (κ1) is 16.5. The van der Waals surface area contributed by atoms with Crippen LogP contribution in [-0.2, 0) is 0 Å². The molecule has 1 N–H and O–H groups in total. The van der Waals surface area contributed by atoms with Gasteiger partial charge < -0.3 is 19.2 Å². The Labute approximate surface area is 144 Å². The Morgan fingerprint density at radius 1 is 1.00 bits per heavy atom. The SMILES string of the molecule is COc1ccc(NC(=O)c2ccc(-c3nnc(C)o3)cc2)cc1OC. The summed E-state index contributed by atoms with van der Waals surface area (Å²) in [5.41, 5.74) is 1.87. The molecule has 7 heteroatoms. The molecule has 0 saturated carbocycles. The molecule has 0 fully saturated rings. The summed E-state index contributed by atoms with van der Waals surface area (Å²) in [7, 11) is 3.10. The molecule has 128 valence electrons. The molecule has 3 rings (SSSR count). The predicted molar refractivity (Wildman–Crippen MR) is 92.0 cm³/mol. The fourth-order valence-electron chi connectivity index (χ4n) is 2.29. The van der Waals surface area contributed by atoms with Gasteiger partial charge in [0.15, 0.2) is 11.5 Å². The first-order valence-electron chi connectivity index (χ1n) is 7.54. The van der Waals surface area contributed by atoms with E-state index in [1.54, 1.807) is 63.6 Å². The van der Waals surface area contributed by atoms with Crippen LogP contribution in [-0.4, -0.2) is 30.3 Å². The molecule has 0 radical (unpaired) electrons. The number of carbonyl (C=O) groups excluding carboxylic acids is 1. The molecule has 0 aliphatic carbocycles. The van der Waals surface area contributed by atoms with Crippen LogP contribution in [0.4, 0.5) is 5.69 Å². The van der Waals surface area contributed by atoms with Crippen molar-refractivity contribution in [1.29, 1.82) is 0 Å². The number of hydrogen-bond acceptors (Lipinski definition) is 6. The molecule has 0 aliphatic rings. The van der Waals surface area contributed by atoms with Crippen LogP contribution in [0.15, 0.2) is 46.9 Å². The maximum absolute atomic E-state index is 12.4. The van der Waals surface area contributed by atoms with E-state index >= 15 is 0 Å². The zero-order chi connectivity index (χ0) is 17.8. The van der Waals surface area contributed by atoms with E-state index < -0.39 is 0 Å². The number of anilines is 1. The van der Waals surface area contributed by atoms with Crippen LogP contribution in [0.1, 0.15) is 16.2 Å². The average molecular weight is 339 g/mol. The van der Waals surface area contributed by atoms with Crippen molar-refractivity contribution in [2.75, 3.05) is 19.5 Å². The minimum atomic E-state index is -0.236. The number of ether oxygens (including phenoxy) is 2. The summed E-state index contributed by atoms with van der Waals surface area (Å²) in [6, 6.07) is 12.1. The third kappa shape index (κ3) is 3.60. The van der Waals surface area contributed by atoms with Crippen LogP contribution >= 0.6 is 0 Å². The minimum Gasteiger partial charge on any atom is -0.493 e. The van der Waals surface area contributed by atoms with Crippen LogP contribution in [0.5, 0.6) is 11.5 Å². The van der Waals surface area contributed by atoms with Gasteiger partial charge in [0.05, 0.1) is 14.2 Å². The van der Waals surface area contributed by atoms with Crippen molar-refractivity contribution in [3.63, 3.8) is 0 Å². The molecule has 25 heavy (non-hydrogen) atoms. The molecule has 1 heterocycles. The fraction of sp³-hybridized carbons (Fsp3) is 0.167. The summed E-state index contributed by atoms with van der Waals surface area (Å²) in [4.78, 5) is 12.4. The third-order valence-corrected chi connectivity index (χ3v) is 3.56. The molecule has 0 aliphatic heterocycles. The zero-order valence-electron chi connectivity index (χ0n) is 14.1. The second kappa shape index (κ2) is 7.04. The Balaban J connectivity index is 1.75. The van der Waals surface area contributed by atoms with E-state index in [9.17, 15) is 4.79 Å². The van der Waals surface area contributed by atoms with E-state index in [2.05, 4.69) is 15.5 Å². The minimum absolute atomic E-state index is 0.236. The quantitative estimate of drug-likeness (QED) is 0.767. The Hall–Kier alpha value is -3.35. The number of amides is 1. The second-order valence-electron chi connectivity index (χ2n) is 5.23. The lowest BCUT2D eigenvalue weighted by Gasteiger charge is -2.10. The smallest absolute Gasteiger partial charge is 0.255 e. The topological polar surface area (TPSA) is 86.5 Å². The molecule has 0 unspecified atom stereocenters. The highest BCUT2D eigenvalue weighted by molar-refractivity contribution is 6.04. The summed E-state index contributed by atoms with van der Waals surface area (Å²) in [6.45, 7) is 1.72. The maximum Gasteiger partial charge on any atom is 0.255 e. The first-order valence-corrected chi connectivity index (χ1v) is 7.54.